The minimum absolute atomic E-state index is 0.0845. The lowest BCUT2D eigenvalue weighted by Crippen LogP contribution is -2.49. The molecule has 1 aliphatic heterocycles. The molecule has 4 aromatic rings. The van der Waals surface area contributed by atoms with Crippen molar-refractivity contribution in [3.05, 3.63) is 113 Å². The minimum atomic E-state index is -1.08. The van der Waals surface area contributed by atoms with Gasteiger partial charge >= 0.3 is 5.97 Å². The number of carboxylic acid groups (broad SMARTS) is 1. The molecule has 9 nitrogen and oxygen atoms in total. The first-order valence-electron chi connectivity index (χ1n) is 12.4. The number of halogens is 2. The Morgan fingerprint density at radius 3 is 2.48 bits per heavy atom. The van der Waals surface area contributed by atoms with Crippen molar-refractivity contribution in [1.29, 1.82) is 0 Å². The zero-order chi connectivity index (χ0) is 28.2. The average molecular weight is 560 g/mol. The molecular formula is C29H23ClFN5O4. The highest BCUT2D eigenvalue weighted by atomic mass is 35.5. The Balaban J connectivity index is 1.45. The number of nitrogens with one attached hydrogen (secondary N) is 1. The van der Waals surface area contributed by atoms with Gasteiger partial charge in [0.05, 0.1) is 28.7 Å². The molecule has 0 saturated heterocycles. The average Bonchev–Trinajstić information content (AvgIpc) is 3.49. The number of aromatic nitrogens is 3. The lowest BCUT2D eigenvalue weighted by Gasteiger charge is -2.34. The molecule has 11 heteroatoms. The molecule has 3 aromatic carbocycles. The van der Waals surface area contributed by atoms with Crippen LogP contribution in [0.5, 0.6) is 0 Å². The quantitative estimate of drug-likeness (QED) is 0.325. The summed E-state index contributed by atoms with van der Waals surface area (Å²) in [6.45, 7) is 0.149. The standard InChI is InChI=1S/C29H23ClFN5O4/c30-22-10-11-23(36-15-13-32-34-36)26(27(22)31)20-12-14-35(25(37)17-20)24(16-18-4-2-1-3-5-18)28(38)33-21-8-6-19(7-9-21)29(39)40/h1-11,13,15,17,24H,12,14,16H2,(H,33,38)(H,39,40). The Kier molecular flexibility index (Phi) is 7.70. The van der Waals surface area contributed by atoms with E-state index in [4.69, 9.17) is 16.7 Å². The van der Waals surface area contributed by atoms with Crippen LogP contribution < -0.4 is 5.32 Å². The third kappa shape index (κ3) is 5.62. The zero-order valence-corrected chi connectivity index (χ0v) is 21.8. The minimum Gasteiger partial charge on any atom is -0.478 e. The second-order valence-corrected chi connectivity index (χ2v) is 9.54. The predicted octanol–water partition coefficient (Wildman–Crippen LogP) is 4.62. The molecule has 1 aromatic heterocycles. The molecule has 2 heterocycles. The largest absolute Gasteiger partial charge is 0.478 e. The molecule has 0 saturated carbocycles. The summed E-state index contributed by atoms with van der Waals surface area (Å²) in [7, 11) is 0. The van der Waals surface area contributed by atoms with Crippen molar-refractivity contribution in [2.45, 2.75) is 18.9 Å². The highest BCUT2D eigenvalue weighted by Gasteiger charge is 2.33. The van der Waals surface area contributed by atoms with Crippen molar-refractivity contribution < 1.29 is 23.9 Å². The number of rotatable bonds is 8. The highest BCUT2D eigenvalue weighted by Crippen LogP contribution is 2.34. The number of benzene rings is 3. The first-order valence-corrected chi connectivity index (χ1v) is 12.7. The number of anilines is 1. The monoisotopic (exact) mass is 559 g/mol. The Hall–Kier alpha value is -4.83. The zero-order valence-electron chi connectivity index (χ0n) is 21.0. The van der Waals surface area contributed by atoms with Crippen LogP contribution in [0.3, 0.4) is 0 Å². The van der Waals surface area contributed by atoms with E-state index in [9.17, 15) is 14.4 Å². The second kappa shape index (κ2) is 11.5. The summed E-state index contributed by atoms with van der Waals surface area (Å²) in [4.78, 5) is 39.6. The molecule has 202 valence electrons. The van der Waals surface area contributed by atoms with Crippen LogP contribution >= 0.6 is 11.6 Å². The van der Waals surface area contributed by atoms with Gasteiger partial charge in [0.1, 0.15) is 6.04 Å². The van der Waals surface area contributed by atoms with E-state index < -0.39 is 29.6 Å². The molecule has 1 aliphatic rings. The molecule has 40 heavy (non-hydrogen) atoms. The van der Waals surface area contributed by atoms with E-state index in [-0.39, 0.29) is 35.5 Å². The third-order valence-electron chi connectivity index (χ3n) is 6.62. The Bertz CT molecular complexity index is 1590. The number of hydrogen-bond donors (Lipinski definition) is 2. The molecule has 5 rings (SSSR count). The Labute approximate surface area is 233 Å². The van der Waals surface area contributed by atoms with Gasteiger partial charge in [-0.2, -0.15) is 0 Å². The van der Waals surface area contributed by atoms with Crippen molar-refractivity contribution in [2.24, 2.45) is 0 Å². The smallest absolute Gasteiger partial charge is 0.335 e. The van der Waals surface area contributed by atoms with E-state index in [0.29, 0.717) is 16.9 Å². The Morgan fingerprint density at radius 2 is 1.82 bits per heavy atom. The SMILES string of the molecule is O=C(O)c1ccc(NC(=O)C(Cc2ccccc2)N2CCC(c3c(-n4ccnn4)ccc(Cl)c3F)=CC2=O)cc1. The highest BCUT2D eigenvalue weighted by molar-refractivity contribution is 6.31. The first-order chi connectivity index (χ1) is 19.3. The van der Waals surface area contributed by atoms with Crippen molar-refractivity contribution >= 4 is 40.6 Å². The maximum absolute atomic E-state index is 15.3. The van der Waals surface area contributed by atoms with Crippen LogP contribution in [0.15, 0.2) is 85.2 Å². The molecule has 1 unspecified atom stereocenters. The molecule has 0 bridgehead atoms. The topological polar surface area (TPSA) is 117 Å². The fourth-order valence-electron chi connectivity index (χ4n) is 4.64. The van der Waals surface area contributed by atoms with Gasteiger partial charge in [-0.15, -0.1) is 5.10 Å². The lowest BCUT2D eigenvalue weighted by atomic mass is 9.94. The van der Waals surface area contributed by atoms with Gasteiger partial charge in [-0.3, -0.25) is 9.59 Å². The lowest BCUT2D eigenvalue weighted by molar-refractivity contribution is -0.135. The molecule has 1 atom stereocenters. The van der Waals surface area contributed by atoms with Crippen LogP contribution in [0, 0.1) is 5.82 Å². The van der Waals surface area contributed by atoms with Gasteiger partial charge in [0.25, 0.3) is 0 Å². The van der Waals surface area contributed by atoms with Gasteiger partial charge in [-0.05, 0) is 54.0 Å². The number of carboxylic acids is 1. The van der Waals surface area contributed by atoms with E-state index in [1.165, 1.54) is 52.2 Å². The molecule has 0 radical (unpaired) electrons. The predicted molar refractivity (Wildman–Crippen MR) is 147 cm³/mol. The summed E-state index contributed by atoms with van der Waals surface area (Å²) in [5, 5.41) is 19.6. The van der Waals surface area contributed by atoms with E-state index in [0.717, 1.165) is 5.56 Å². The number of carbonyl (C=O) groups excluding carboxylic acids is 2. The molecular weight excluding hydrogens is 537 g/mol. The van der Waals surface area contributed by atoms with Crippen LogP contribution in [0.4, 0.5) is 10.1 Å². The number of amides is 2. The van der Waals surface area contributed by atoms with Crippen molar-refractivity contribution in [1.82, 2.24) is 19.9 Å². The van der Waals surface area contributed by atoms with Gasteiger partial charge < -0.3 is 15.3 Å². The van der Waals surface area contributed by atoms with Gasteiger partial charge in [0, 0.05) is 30.3 Å². The summed E-state index contributed by atoms with van der Waals surface area (Å²) < 4.78 is 16.7. The van der Waals surface area contributed by atoms with Gasteiger partial charge in [0.2, 0.25) is 11.8 Å². The fraction of sp³-hybridized carbons (Fsp3) is 0.138. The molecule has 0 fully saturated rings. The van der Waals surface area contributed by atoms with Crippen LogP contribution in [-0.2, 0) is 16.0 Å². The van der Waals surface area contributed by atoms with Crippen molar-refractivity contribution in [3.8, 4) is 5.69 Å². The van der Waals surface area contributed by atoms with Crippen LogP contribution in [0.25, 0.3) is 11.3 Å². The van der Waals surface area contributed by atoms with Crippen LogP contribution in [-0.4, -0.2) is 55.4 Å². The molecule has 2 amide bonds. The van der Waals surface area contributed by atoms with Gasteiger partial charge in [-0.1, -0.05) is 47.1 Å². The normalized spacial score (nSPS) is 14.0. The number of aromatic carboxylic acids is 1. The number of carbonyl (C=O) groups is 3. The van der Waals surface area contributed by atoms with Crippen LogP contribution in [0.2, 0.25) is 5.02 Å². The molecule has 0 spiro atoms. The van der Waals surface area contributed by atoms with E-state index in [2.05, 4.69) is 15.6 Å². The molecule has 0 aliphatic carbocycles. The van der Waals surface area contributed by atoms with Crippen LogP contribution in [0.1, 0.15) is 27.9 Å². The van der Waals surface area contributed by atoms with Crippen molar-refractivity contribution in [3.63, 3.8) is 0 Å². The molecule has 2 N–H and O–H groups in total. The Morgan fingerprint density at radius 1 is 1.07 bits per heavy atom. The summed E-state index contributed by atoms with van der Waals surface area (Å²) in [5.74, 6) is -2.65. The fourth-order valence-corrected chi connectivity index (χ4v) is 4.80. The number of nitrogens with zero attached hydrogens (tertiary/aromatic N) is 4. The summed E-state index contributed by atoms with van der Waals surface area (Å²) in [5.41, 5.74) is 2.29. The summed E-state index contributed by atoms with van der Waals surface area (Å²) in [6.07, 6.45) is 4.85. The number of hydrogen-bond acceptors (Lipinski definition) is 5. The first kappa shape index (κ1) is 26.8. The van der Waals surface area contributed by atoms with E-state index in [1.54, 1.807) is 12.3 Å². The van der Waals surface area contributed by atoms with E-state index in [1.807, 2.05) is 30.3 Å². The van der Waals surface area contributed by atoms with Gasteiger partial charge in [-0.25, -0.2) is 13.9 Å². The van der Waals surface area contributed by atoms with E-state index >= 15 is 4.39 Å². The summed E-state index contributed by atoms with van der Waals surface area (Å²) >= 11 is 6.09. The summed E-state index contributed by atoms with van der Waals surface area (Å²) in [6, 6.07) is 17.2. The van der Waals surface area contributed by atoms with Crippen molar-refractivity contribution in [2.75, 3.05) is 11.9 Å². The maximum Gasteiger partial charge on any atom is 0.335 e. The third-order valence-corrected chi connectivity index (χ3v) is 6.91. The second-order valence-electron chi connectivity index (χ2n) is 9.13. The van der Waals surface area contributed by atoms with Gasteiger partial charge in [0.15, 0.2) is 5.82 Å². The maximum atomic E-state index is 15.3.